The molecule has 2 aromatic rings. The number of sulfonamides is 1. The van der Waals surface area contributed by atoms with E-state index in [1.54, 1.807) is 24.3 Å². The average Bonchev–Trinajstić information content (AvgIpc) is 2.68. The molecule has 3 N–H and O–H groups in total. The Hall–Kier alpha value is -2.62. The fourth-order valence-electron chi connectivity index (χ4n) is 2.14. The summed E-state index contributed by atoms with van der Waals surface area (Å²) in [6, 6.07) is 11.6. The number of benzene rings is 2. The van der Waals surface area contributed by atoms with Gasteiger partial charge in [0.05, 0.1) is 18.0 Å². The molecular formula is C18H20ClN3O5S. The molecule has 8 nitrogen and oxygen atoms in total. The molecule has 10 heteroatoms. The number of carbonyl (C=O) groups is 2. The lowest BCUT2D eigenvalue weighted by Gasteiger charge is -2.09. The van der Waals surface area contributed by atoms with Crippen LogP contribution in [0, 0.1) is 0 Å². The topological polar surface area (TPSA) is 114 Å². The van der Waals surface area contributed by atoms with Gasteiger partial charge in [0.2, 0.25) is 5.91 Å². The number of amides is 2. The summed E-state index contributed by atoms with van der Waals surface area (Å²) in [5.41, 5.74) is 0.598. The molecule has 0 spiro atoms. The highest BCUT2D eigenvalue weighted by molar-refractivity contribution is 7.92. The fraction of sp³-hybridized carbons (Fsp3) is 0.222. The largest absolute Gasteiger partial charge is 0.383 e. The summed E-state index contributed by atoms with van der Waals surface area (Å²) in [6.07, 6.45) is 0. The van der Waals surface area contributed by atoms with Crippen molar-refractivity contribution in [3.05, 3.63) is 59.1 Å². The summed E-state index contributed by atoms with van der Waals surface area (Å²) < 4.78 is 32.0. The van der Waals surface area contributed by atoms with E-state index in [-0.39, 0.29) is 22.9 Å². The first kappa shape index (κ1) is 21.7. The maximum atomic E-state index is 12.4. The normalized spacial score (nSPS) is 10.9. The zero-order valence-electron chi connectivity index (χ0n) is 15.1. The van der Waals surface area contributed by atoms with Gasteiger partial charge in [0, 0.05) is 29.9 Å². The minimum absolute atomic E-state index is 0.00342. The lowest BCUT2D eigenvalue weighted by Crippen LogP contribution is -2.38. The highest BCUT2D eigenvalue weighted by atomic mass is 35.5. The van der Waals surface area contributed by atoms with E-state index in [0.29, 0.717) is 23.9 Å². The molecule has 0 saturated carbocycles. The summed E-state index contributed by atoms with van der Waals surface area (Å²) in [5.74, 6) is -0.840. The molecule has 2 rings (SSSR count). The SMILES string of the molecule is COCCNC(=O)CNC(=O)c1ccc(S(=O)(=O)Nc2ccc(Cl)cc2)cc1. The highest BCUT2D eigenvalue weighted by Gasteiger charge is 2.15. The van der Waals surface area contributed by atoms with Gasteiger partial charge in [-0.2, -0.15) is 0 Å². The Morgan fingerprint density at radius 2 is 1.64 bits per heavy atom. The molecule has 0 aliphatic rings. The van der Waals surface area contributed by atoms with Gasteiger partial charge in [-0.25, -0.2) is 8.42 Å². The van der Waals surface area contributed by atoms with Crippen LogP contribution in [0.1, 0.15) is 10.4 Å². The van der Waals surface area contributed by atoms with Crippen LogP contribution >= 0.6 is 11.6 Å². The van der Waals surface area contributed by atoms with E-state index in [1.807, 2.05) is 0 Å². The predicted octanol–water partition coefficient (Wildman–Crippen LogP) is 1.63. The van der Waals surface area contributed by atoms with Crippen LogP contribution in [0.4, 0.5) is 5.69 Å². The van der Waals surface area contributed by atoms with Crippen LogP contribution in [0.3, 0.4) is 0 Å². The Morgan fingerprint density at radius 1 is 1.00 bits per heavy atom. The van der Waals surface area contributed by atoms with Gasteiger partial charge in [-0.15, -0.1) is 0 Å². The number of ether oxygens (including phenoxy) is 1. The Labute approximate surface area is 168 Å². The van der Waals surface area contributed by atoms with Crippen LogP contribution in [0.15, 0.2) is 53.4 Å². The second-order valence-corrected chi connectivity index (χ2v) is 7.78. The molecule has 0 aromatic heterocycles. The molecule has 2 aromatic carbocycles. The predicted molar refractivity (Wildman–Crippen MR) is 106 cm³/mol. The maximum absolute atomic E-state index is 12.4. The molecule has 2 amide bonds. The Morgan fingerprint density at radius 3 is 2.25 bits per heavy atom. The second kappa shape index (κ2) is 10.1. The number of hydrogen-bond acceptors (Lipinski definition) is 5. The van der Waals surface area contributed by atoms with Crippen LogP contribution in [0.2, 0.25) is 5.02 Å². The highest BCUT2D eigenvalue weighted by Crippen LogP contribution is 2.18. The molecule has 0 atom stereocenters. The van der Waals surface area contributed by atoms with Crippen LogP contribution in [0.25, 0.3) is 0 Å². The number of hydrogen-bond donors (Lipinski definition) is 3. The van der Waals surface area contributed by atoms with Crippen molar-refractivity contribution < 1.29 is 22.7 Å². The first-order chi connectivity index (χ1) is 13.3. The second-order valence-electron chi connectivity index (χ2n) is 5.66. The van der Waals surface area contributed by atoms with Crippen molar-refractivity contribution in [2.75, 3.05) is 31.5 Å². The third kappa shape index (κ3) is 6.52. The van der Waals surface area contributed by atoms with Crippen molar-refractivity contribution in [2.24, 2.45) is 0 Å². The number of methoxy groups -OCH3 is 1. The molecule has 28 heavy (non-hydrogen) atoms. The van der Waals surface area contributed by atoms with Crippen LogP contribution in [-0.2, 0) is 19.6 Å². The zero-order chi connectivity index (χ0) is 20.6. The minimum Gasteiger partial charge on any atom is -0.383 e. The van der Waals surface area contributed by atoms with Gasteiger partial charge >= 0.3 is 0 Å². The Bertz CT molecular complexity index is 915. The maximum Gasteiger partial charge on any atom is 0.261 e. The van der Waals surface area contributed by atoms with E-state index in [4.69, 9.17) is 16.3 Å². The molecule has 0 bridgehead atoms. The van der Waals surface area contributed by atoms with Gasteiger partial charge in [-0.3, -0.25) is 14.3 Å². The molecule has 0 radical (unpaired) electrons. The molecule has 0 heterocycles. The van der Waals surface area contributed by atoms with E-state index in [0.717, 1.165) is 0 Å². The summed E-state index contributed by atoms with van der Waals surface area (Å²) in [5, 5.41) is 5.52. The average molecular weight is 426 g/mol. The van der Waals surface area contributed by atoms with Gasteiger partial charge in [0.1, 0.15) is 0 Å². The Balaban J connectivity index is 1.95. The molecule has 150 valence electrons. The third-order valence-electron chi connectivity index (χ3n) is 3.56. The van der Waals surface area contributed by atoms with E-state index < -0.39 is 15.9 Å². The first-order valence-electron chi connectivity index (χ1n) is 8.24. The summed E-state index contributed by atoms with van der Waals surface area (Å²) >= 11 is 5.78. The third-order valence-corrected chi connectivity index (χ3v) is 5.21. The van der Waals surface area contributed by atoms with Crippen molar-refractivity contribution in [1.29, 1.82) is 0 Å². The van der Waals surface area contributed by atoms with Gasteiger partial charge in [0.15, 0.2) is 0 Å². The lowest BCUT2D eigenvalue weighted by atomic mass is 10.2. The molecule has 0 aliphatic heterocycles. The number of halogens is 1. The first-order valence-corrected chi connectivity index (χ1v) is 10.1. The van der Waals surface area contributed by atoms with Crippen LogP contribution in [0.5, 0.6) is 0 Å². The minimum atomic E-state index is -3.81. The number of rotatable bonds is 9. The van der Waals surface area contributed by atoms with E-state index in [2.05, 4.69) is 15.4 Å². The van der Waals surface area contributed by atoms with Crippen LogP contribution < -0.4 is 15.4 Å². The van der Waals surface area contributed by atoms with Crippen LogP contribution in [-0.4, -0.2) is 47.0 Å². The molecule has 0 aliphatic carbocycles. The van der Waals surface area contributed by atoms with Crippen molar-refractivity contribution in [1.82, 2.24) is 10.6 Å². The number of carbonyl (C=O) groups excluding carboxylic acids is 2. The summed E-state index contributed by atoms with van der Waals surface area (Å²) in [7, 11) is -2.29. The molecule has 0 fully saturated rings. The van der Waals surface area contributed by atoms with Gasteiger partial charge in [-0.1, -0.05) is 11.6 Å². The van der Waals surface area contributed by atoms with Gasteiger partial charge in [0.25, 0.3) is 15.9 Å². The smallest absolute Gasteiger partial charge is 0.261 e. The molecular weight excluding hydrogens is 406 g/mol. The van der Waals surface area contributed by atoms with Crippen molar-refractivity contribution >= 4 is 39.1 Å². The summed E-state index contributed by atoms with van der Waals surface area (Å²) in [4.78, 5) is 23.6. The number of nitrogens with one attached hydrogen (secondary N) is 3. The van der Waals surface area contributed by atoms with Crippen molar-refractivity contribution in [3.63, 3.8) is 0 Å². The Kier molecular flexibility index (Phi) is 7.80. The summed E-state index contributed by atoms with van der Waals surface area (Å²) in [6.45, 7) is 0.527. The lowest BCUT2D eigenvalue weighted by molar-refractivity contribution is -0.120. The zero-order valence-corrected chi connectivity index (χ0v) is 16.6. The monoisotopic (exact) mass is 425 g/mol. The van der Waals surface area contributed by atoms with E-state index in [9.17, 15) is 18.0 Å². The quantitative estimate of drug-likeness (QED) is 0.528. The molecule has 0 saturated heterocycles. The van der Waals surface area contributed by atoms with Gasteiger partial charge in [-0.05, 0) is 48.5 Å². The standard InChI is InChI=1S/C18H20ClN3O5S/c1-27-11-10-20-17(23)12-21-18(24)13-2-8-16(9-3-13)28(25,26)22-15-6-4-14(19)5-7-15/h2-9,22H,10-12H2,1H3,(H,20,23)(H,21,24). The van der Waals surface area contributed by atoms with E-state index in [1.165, 1.54) is 31.4 Å². The molecule has 0 unspecified atom stereocenters. The fourth-order valence-corrected chi connectivity index (χ4v) is 3.32. The van der Waals surface area contributed by atoms with E-state index >= 15 is 0 Å². The van der Waals surface area contributed by atoms with Crippen molar-refractivity contribution in [3.8, 4) is 0 Å². The number of anilines is 1. The van der Waals surface area contributed by atoms with Gasteiger partial charge < -0.3 is 15.4 Å². The van der Waals surface area contributed by atoms with Crippen molar-refractivity contribution in [2.45, 2.75) is 4.90 Å².